The largest absolute Gasteiger partial charge is 0.389 e. The second kappa shape index (κ2) is 8.53. The van der Waals surface area contributed by atoms with E-state index < -0.39 is 0 Å². The van der Waals surface area contributed by atoms with Gasteiger partial charge in [-0.25, -0.2) is 0 Å². The lowest BCUT2D eigenvalue weighted by Gasteiger charge is -2.25. The average molecular weight is 311 g/mol. The Hall–Kier alpha value is -0.740. The lowest BCUT2D eigenvalue weighted by Crippen LogP contribution is -2.26. The quantitative estimate of drug-likeness (QED) is 0.540. The van der Waals surface area contributed by atoms with E-state index in [0.29, 0.717) is 16.9 Å². The summed E-state index contributed by atoms with van der Waals surface area (Å²) in [5, 5.41) is 3.61. The van der Waals surface area contributed by atoms with Crippen LogP contribution in [0.25, 0.3) is 0 Å². The highest BCUT2D eigenvalue weighted by Gasteiger charge is 2.17. The van der Waals surface area contributed by atoms with Crippen molar-refractivity contribution < 1.29 is 0 Å². The SMILES string of the molecule is CCSc1cccc(NC(C)C(CC)CC)c1C(N)=S. The van der Waals surface area contributed by atoms with Crippen molar-refractivity contribution in [2.45, 2.75) is 51.5 Å². The molecule has 0 bridgehead atoms. The standard InChI is InChI=1S/C16H26N2S2/c1-5-12(6-2)11(4)18-13-9-8-10-14(20-7-3)15(13)16(17)19/h8-12,18H,5-7H2,1-4H3,(H2,17,19). The van der Waals surface area contributed by atoms with Crippen LogP contribution in [0.15, 0.2) is 23.1 Å². The van der Waals surface area contributed by atoms with Crippen molar-refractivity contribution in [3.05, 3.63) is 23.8 Å². The molecule has 4 heteroatoms. The van der Waals surface area contributed by atoms with Gasteiger partial charge in [-0.05, 0) is 30.7 Å². The van der Waals surface area contributed by atoms with Gasteiger partial charge in [0.2, 0.25) is 0 Å². The third-order valence-electron chi connectivity index (χ3n) is 3.71. The maximum absolute atomic E-state index is 5.94. The van der Waals surface area contributed by atoms with Crippen LogP contribution in [0.3, 0.4) is 0 Å². The van der Waals surface area contributed by atoms with E-state index in [4.69, 9.17) is 18.0 Å². The van der Waals surface area contributed by atoms with Gasteiger partial charge in [0.1, 0.15) is 4.99 Å². The van der Waals surface area contributed by atoms with E-state index >= 15 is 0 Å². The van der Waals surface area contributed by atoms with E-state index in [0.717, 1.165) is 17.0 Å². The molecule has 0 aromatic heterocycles. The van der Waals surface area contributed by atoms with Gasteiger partial charge in [0, 0.05) is 22.2 Å². The monoisotopic (exact) mass is 310 g/mol. The van der Waals surface area contributed by atoms with E-state index in [1.165, 1.54) is 17.7 Å². The van der Waals surface area contributed by atoms with E-state index in [2.05, 4.69) is 51.2 Å². The topological polar surface area (TPSA) is 38.0 Å². The maximum atomic E-state index is 5.94. The van der Waals surface area contributed by atoms with Crippen LogP contribution in [0.1, 0.15) is 46.1 Å². The molecule has 1 atom stereocenters. The summed E-state index contributed by atoms with van der Waals surface area (Å²) in [5.74, 6) is 1.68. The van der Waals surface area contributed by atoms with Crippen molar-refractivity contribution in [1.82, 2.24) is 0 Å². The van der Waals surface area contributed by atoms with Crippen molar-refractivity contribution >= 4 is 34.7 Å². The van der Waals surface area contributed by atoms with Gasteiger partial charge in [0.05, 0.1) is 0 Å². The minimum Gasteiger partial charge on any atom is -0.389 e. The predicted molar refractivity (Wildman–Crippen MR) is 95.9 cm³/mol. The second-order valence-electron chi connectivity index (χ2n) is 4.99. The van der Waals surface area contributed by atoms with E-state index in [1.807, 2.05) is 0 Å². The highest BCUT2D eigenvalue weighted by molar-refractivity contribution is 7.99. The number of thioether (sulfide) groups is 1. The summed E-state index contributed by atoms with van der Waals surface area (Å²) in [4.78, 5) is 1.64. The molecule has 1 aromatic carbocycles. The summed E-state index contributed by atoms with van der Waals surface area (Å²) in [6.07, 6.45) is 2.35. The van der Waals surface area contributed by atoms with Crippen LogP contribution in [0.5, 0.6) is 0 Å². The molecule has 0 radical (unpaired) electrons. The highest BCUT2D eigenvalue weighted by atomic mass is 32.2. The zero-order chi connectivity index (χ0) is 15.1. The Morgan fingerprint density at radius 1 is 1.30 bits per heavy atom. The number of hydrogen-bond donors (Lipinski definition) is 2. The first-order valence-corrected chi connectivity index (χ1v) is 8.76. The fourth-order valence-electron chi connectivity index (χ4n) is 2.54. The molecule has 1 aromatic rings. The summed E-state index contributed by atoms with van der Waals surface area (Å²) in [6.45, 7) is 8.86. The van der Waals surface area contributed by atoms with Crippen molar-refractivity contribution in [2.75, 3.05) is 11.1 Å². The fraction of sp³-hybridized carbons (Fsp3) is 0.562. The summed E-state index contributed by atoms with van der Waals surface area (Å²) < 4.78 is 0. The molecule has 112 valence electrons. The third kappa shape index (κ3) is 4.38. The molecule has 0 amide bonds. The lowest BCUT2D eigenvalue weighted by molar-refractivity contribution is 0.438. The molecule has 3 N–H and O–H groups in total. The lowest BCUT2D eigenvalue weighted by atomic mass is 9.95. The third-order valence-corrected chi connectivity index (χ3v) is 4.86. The molecule has 0 aliphatic rings. The molecule has 0 aliphatic carbocycles. The van der Waals surface area contributed by atoms with E-state index in [9.17, 15) is 0 Å². The van der Waals surface area contributed by atoms with E-state index in [1.54, 1.807) is 11.8 Å². The van der Waals surface area contributed by atoms with Gasteiger partial charge in [0.25, 0.3) is 0 Å². The van der Waals surface area contributed by atoms with Crippen molar-refractivity contribution in [3.63, 3.8) is 0 Å². The Balaban J connectivity index is 3.05. The summed E-state index contributed by atoms with van der Waals surface area (Å²) in [5.41, 5.74) is 8.00. The molecule has 0 heterocycles. The zero-order valence-corrected chi connectivity index (χ0v) is 14.5. The molecule has 0 aliphatic heterocycles. The first kappa shape index (κ1) is 17.3. The molecule has 1 unspecified atom stereocenters. The Kier molecular flexibility index (Phi) is 7.38. The van der Waals surface area contributed by atoms with Gasteiger partial charge in [-0.15, -0.1) is 11.8 Å². The Labute approximate surface area is 132 Å². The van der Waals surface area contributed by atoms with Gasteiger partial charge in [-0.2, -0.15) is 0 Å². The molecule has 1 rings (SSSR count). The number of nitrogens with two attached hydrogens (primary N) is 1. The number of nitrogens with one attached hydrogen (secondary N) is 1. The average Bonchev–Trinajstić information content (AvgIpc) is 2.40. The van der Waals surface area contributed by atoms with Gasteiger partial charge in [-0.1, -0.05) is 51.9 Å². The fourth-order valence-corrected chi connectivity index (χ4v) is 3.67. The minimum absolute atomic E-state index is 0.417. The Bertz CT molecular complexity index is 442. The van der Waals surface area contributed by atoms with Crippen LogP contribution in [0, 0.1) is 5.92 Å². The van der Waals surface area contributed by atoms with Crippen LogP contribution in [0.4, 0.5) is 5.69 Å². The van der Waals surface area contributed by atoms with Gasteiger partial charge in [-0.3, -0.25) is 0 Å². The minimum atomic E-state index is 0.417. The number of rotatable bonds is 8. The van der Waals surface area contributed by atoms with Crippen LogP contribution in [-0.4, -0.2) is 16.8 Å². The Morgan fingerprint density at radius 2 is 1.95 bits per heavy atom. The smallest absolute Gasteiger partial charge is 0.107 e. The summed E-state index contributed by atoms with van der Waals surface area (Å²) in [6, 6.07) is 6.66. The maximum Gasteiger partial charge on any atom is 0.107 e. The molecular formula is C16H26N2S2. The summed E-state index contributed by atoms with van der Waals surface area (Å²) in [7, 11) is 0. The highest BCUT2D eigenvalue weighted by Crippen LogP contribution is 2.30. The predicted octanol–water partition coefficient (Wildman–Crippen LogP) is 4.67. The molecule has 0 saturated heterocycles. The molecular weight excluding hydrogens is 284 g/mol. The normalized spacial score (nSPS) is 12.4. The second-order valence-corrected chi connectivity index (χ2v) is 6.73. The van der Waals surface area contributed by atoms with Crippen LogP contribution < -0.4 is 11.1 Å². The summed E-state index contributed by atoms with van der Waals surface area (Å²) >= 11 is 7.03. The van der Waals surface area contributed by atoms with Crippen molar-refractivity contribution in [3.8, 4) is 0 Å². The number of hydrogen-bond acceptors (Lipinski definition) is 3. The number of thiocarbonyl (C=S) groups is 1. The molecule has 0 fully saturated rings. The molecule has 0 saturated carbocycles. The zero-order valence-electron chi connectivity index (χ0n) is 12.9. The first-order valence-electron chi connectivity index (χ1n) is 7.37. The van der Waals surface area contributed by atoms with Gasteiger partial charge >= 0.3 is 0 Å². The molecule has 2 nitrogen and oxygen atoms in total. The molecule has 0 spiro atoms. The number of anilines is 1. The van der Waals surface area contributed by atoms with Crippen molar-refractivity contribution in [2.24, 2.45) is 11.7 Å². The first-order chi connectivity index (χ1) is 9.54. The van der Waals surface area contributed by atoms with Crippen LogP contribution in [-0.2, 0) is 0 Å². The van der Waals surface area contributed by atoms with Gasteiger partial charge < -0.3 is 11.1 Å². The molecule has 20 heavy (non-hydrogen) atoms. The Morgan fingerprint density at radius 3 is 2.45 bits per heavy atom. The van der Waals surface area contributed by atoms with Crippen LogP contribution >= 0.6 is 24.0 Å². The van der Waals surface area contributed by atoms with Gasteiger partial charge in [0.15, 0.2) is 0 Å². The van der Waals surface area contributed by atoms with E-state index in [-0.39, 0.29) is 0 Å². The number of benzene rings is 1. The van der Waals surface area contributed by atoms with Crippen LogP contribution in [0.2, 0.25) is 0 Å². The van der Waals surface area contributed by atoms with Crippen molar-refractivity contribution in [1.29, 1.82) is 0 Å².